The highest BCUT2D eigenvalue weighted by Gasteiger charge is 2.79. The van der Waals surface area contributed by atoms with E-state index in [0.717, 1.165) is 5.56 Å². The van der Waals surface area contributed by atoms with Gasteiger partial charge in [0.2, 0.25) is 5.95 Å². The van der Waals surface area contributed by atoms with E-state index < -0.39 is 46.9 Å². The van der Waals surface area contributed by atoms with E-state index in [2.05, 4.69) is 15.3 Å². The molecule has 2 aliphatic carbocycles. The van der Waals surface area contributed by atoms with Gasteiger partial charge < -0.3 is 40.9 Å². The molecule has 2 aromatic rings. The van der Waals surface area contributed by atoms with E-state index >= 15 is 0 Å². The molecule has 4 unspecified atom stereocenters. The molecule has 0 spiro atoms. The zero-order valence-electron chi connectivity index (χ0n) is 17.8. The lowest BCUT2D eigenvalue weighted by Gasteiger charge is -2.28. The molecule has 0 saturated heterocycles. The SMILES string of the molecule is NS(=O)c1ccc(Nc2ncc(C3CCC(OC(=O)NC4(C(O)(O)O)CC4(O)O)C3)cn2)cc1. The summed E-state index contributed by atoms with van der Waals surface area (Å²) in [6.07, 6.45) is 2.68. The number of anilines is 2. The Hall–Kier alpha value is -2.72. The third-order valence-electron chi connectivity index (χ3n) is 6.10. The highest BCUT2D eigenvalue weighted by molar-refractivity contribution is 7.82. The lowest BCUT2D eigenvalue weighted by molar-refractivity contribution is -0.350. The van der Waals surface area contributed by atoms with Crippen LogP contribution in [-0.2, 0) is 15.7 Å². The molecule has 1 aromatic carbocycles. The highest BCUT2D eigenvalue weighted by atomic mass is 32.2. The summed E-state index contributed by atoms with van der Waals surface area (Å²) in [5.74, 6) is -5.84. The molecule has 1 aromatic heterocycles. The van der Waals surface area contributed by atoms with Crippen molar-refractivity contribution in [3.8, 4) is 0 Å². The quantitative estimate of drug-likeness (QED) is 0.218. The Kier molecular flexibility index (Phi) is 6.32. The van der Waals surface area contributed by atoms with Crippen molar-refractivity contribution in [1.29, 1.82) is 0 Å². The maximum Gasteiger partial charge on any atom is 0.408 e. The predicted molar refractivity (Wildman–Crippen MR) is 116 cm³/mol. The van der Waals surface area contributed by atoms with E-state index in [1.54, 1.807) is 36.7 Å². The normalized spacial score (nSPS) is 26.5. The Labute approximate surface area is 196 Å². The average Bonchev–Trinajstić information content (AvgIpc) is 3.08. The lowest BCUT2D eigenvalue weighted by atomic mass is 10.0. The molecule has 0 bridgehead atoms. The summed E-state index contributed by atoms with van der Waals surface area (Å²) >= 11 is 0. The number of benzene rings is 1. The Balaban J connectivity index is 1.30. The Morgan fingerprint density at radius 1 is 1.15 bits per heavy atom. The lowest BCUT2D eigenvalue weighted by Crippen LogP contribution is -2.60. The van der Waals surface area contributed by atoms with Gasteiger partial charge in [-0.2, -0.15) is 0 Å². The molecule has 1 heterocycles. The third kappa shape index (κ3) is 4.88. The molecule has 34 heavy (non-hydrogen) atoms. The largest absolute Gasteiger partial charge is 0.446 e. The van der Waals surface area contributed by atoms with Gasteiger partial charge in [-0.05, 0) is 55.0 Å². The minimum atomic E-state index is -3.54. The van der Waals surface area contributed by atoms with Gasteiger partial charge in [-0.25, -0.2) is 24.1 Å². The van der Waals surface area contributed by atoms with Gasteiger partial charge in [-0.3, -0.25) is 0 Å². The molecule has 13 nitrogen and oxygen atoms in total. The highest BCUT2D eigenvalue weighted by Crippen LogP contribution is 2.51. The van der Waals surface area contributed by atoms with Gasteiger partial charge in [-0.15, -0.1) is 0 Å². The summed E-state index contributed by atoms with van der Waals surface area (Å²) in [6, 6.07) is 6.68. The summed E-state index contributed by atoms with van der Waals surface area (Å²) in [6.45, 7) is 0. The molecule has 2 saturated carbocycles. The number of carbonyl (C=O) groups excluding carboxylic acids is 1. The molecule has 4 atom stereocenters. The van der Waals surface area contributed by atoms with Crippen molar-refractivity contribution < 1.29 is 39.3 Å². The maximum atomic E-state index is 12.2. The second kappa shape index (κ2) is 8.81. The van der Waals surface area contributed by atoms with Crippen LogP contribution in [0, 0.1) is 0 Å². The van der Waals surface area contributed by atoms with Crippen molar-refractivity contribution in [1.82, 2.24) is 15.3 Å². The third-order valence-corrected chi connectivity index (χ3v) is 6.84. The van der Waals surface area contributed by atoms with Crippen LogP contribution in [-0.4, -0.2) is 69.2 Å². The number of carbonyl (C=O) groups is 1. The van der Waals surface area contributed by atoms with E-state index in [0.29, 0.717) is 35.8 Å². The zero-order valence-corrected chi connectivity index (χ0v) is 18.6. The van der Waals surface area contributed by atoms with Gasteiger partial charge in [-0.1, -0.05) is 0 Å². The first-order valence-electron chi connectivity index (χ1n) is 10.4. The number of nitrogens with zero attached hydrogens (tertiary/aromatic N) is 2. The van der Waals surface area contributed by atoms with Crippen LogP contribution in [0.4, 0.5) is 16.4 Å². The molecular formula is C20H25N5O8S. The molecule has 2 fully saturated rings. The first-order valence-corrected chi connectivity index (χ1v) is 11.6. The van der Waals surface area contributed by atoms with Crippen molar-refractivity contribution in [2.24, 2.45) is 5.14 Å². The summed E-state index contributed by atoms with van der Waals surface area (Å²) in [7, 11) is -1.55. The van der Waals surface area contributed by atoms with Gasteiger partial charge in [0.25, 0.3) is 0 Å². The Morgan fingerprint density at radius 2 is 1.76 bits per heavy atom. The van der Waals surface area contributed by atoms with Gasteiger partial charge in [0.15, 0.2) is 11.3 Å². The predicted octanol–water partition coefficient (Wildman–Crippen LogP) is -0.982. The van der Waals surface area contributed by atoms with E-state index in [1.165, 1.54) is 0 Å². The number of alkyl carbamates (subject to hydrolysis) is 1. The standard InChI is InChI=1S/C20H25N5O8S/c21-34(32)15-5-2-13(3-6-15)24-16-22-8-12(9-23-16)11-1-4-14(7-11)33-17(26)25-18(20(29,30)31)10-19(18,27)28/h2-3,5-6,8-9,11,14,27-31H,1,4,7,10,21H2,(H,25,26)(H,22,23,24). The van der Waals surface area contributed by atoms with Crippen LogP contribution in [0.5, 0.6) is 0 Å². The van der Waals surface area contributed by atoms with Crippen LogP contribution in [0.25, 0.3) is 0 Å². The van der Waals surface area contributed by atoms with Crippen LogP contribution in [0.15, 0.2) is 41.6 Å². The topological polar surface area (TPSA) is 220 Å². The van der Waals surface area contributed by atoms with Crippen LogP contribution in [0.1, 0.15) is 37.2 Å². The second-order valence-electron chi connectivity index (χ2n) is 8.48. The number of hydrogen-bond acceptors (Lipinski definition) is 11. The van der Waals surface area contributed by atoms with Gasteiger partial charge in [0.1, 0.15) is 17.1 Å². The van der Waals surface area contributed by atoms with Crippen molar-refractivity contribution in [3.05, 3.63) is 42.2 Å². The summed E-state index contributed by atoms with van der Waals surface area (Å²) in [5.41, 5.74) is -0.911. The summed E-state index contributed by atoms with van der Waals surface area (Å²) < 4.78 is 16.5. The van der Waals surface area contributed by atoms with Crippen molar-refractivity contribution in [2.75, 3.05) is 5.32 Å². The summed E-state index contributed by atoms with van der Waals surface area (Å²) in [5, 5.41) is 57.6. The number of rotatable bonds is 7. The molecule has 1 amide bonds. The molecule has 184 valence electrons. The fourth-order valence-corrected chi connectivity index (χ4v) is 4.47. The van der Waals surface area contributed by atoms with E-state index in [4.69, 9.17) is 9.88 Å². The Bertz CT molecular complexity index is 1080. The van der Waals surface area contributed by atoms with Crippen LogP contribution in [0.3, 0.4) is 0 Å². The minimum Gasteiger partial charge on any atom is -0.446 e. The molecule has 2 aliphatic rings. The molecule has 9 N–H and O–H groups in total. The van der Waals surface area contributed by atoms with E-state index in [-0.39, 0.29) is 5.92 Å². The van der Waals surface area contributed by atoms with Gasteiger partial charge in [0, 0.05) is 24.5 Å². The fourth-order valence-electron chi connectivity index (χ4n) is 4.06. The van der Waals surface area contributed by atoms with E-state index in [9.17, 15) is 34.5 Å². The molecular weight excluding hydrogens is 470 g/mol. The van der Waals surface area contributed by atoms with Gasteiger partial charge in [0.05, 0.1) is 4.90 Å². The molecule has 0 radical (unpaired) electrons. The monoisotopic (exact) mass is 495 g/mol. The van der Waals surface area contributed by atoms with Crippen LogP contribution >= 0.6 is 0 Å². The maximum absolute atomic E-state index is 12.2. The average molecular weight is 496 g/mol. The number of hydrogen-bond donors (Lipinski definition) is 8. The Morgan fingerprint density at radius 3 is 2.29 bits per heavy atom. The van der Waals surface area contributed by atoms with Crippen molar-refractivity contribution in [3.63, 3.8) is 0 Å². The van der Waals surface area contributed by atoms with Crippen LogP contribution in [0.2, 0.25) is 0 Å². The molecule has 4 rings (SSSR count). The van der Waals surface area contributed by atoms with Crippen molar-refractivity contribution >= 4 is 28.7 Å². The number of aromatic nitrogens is 2. The zero-order chi connectivity index (χ0) is 24.7. The smallest absolute Gasteiger partial charge is 0.408 e. The number of nitrogens with one attached hydrogen (secondary N) is 2. The van der Waals surface area contributed by atoms with Gasteiger partial charge >= 0.3 is 12.1 Å². The molecule has 14 heteroatoms. The summed E-state index contributed by atoms with van der Waals surface area (Å²) in [4.78, 5) is 21.3. The van der Waals surface area contributed by atoms with Crippen LogP contribution < -0.4 is 15.8 Å². The first-order chi connectivity index (χ1) is 15.9. The fraction of sp³-hybridized carbons (Fsp3) is 0.450. The van der Waals surface area contributed by atoms with E-state index in [1.807, 2.05) is 5.32 Å². The number of aliphatic hydroxyl groups is 5. The first kappa shape index (κ1) is 24.4. The molecule has 0 aliphatic heterocycles. The second-order valence-corrected chi connectivity index (χ2v) is 9.55. The number of ether oxygens (including phenoxy) is 1. The number of nitrogens with two attached hydrogens (primary N) is 1. The minimum absolute atomic E-state index is 0.0166. The van der Waals surface area contributed by atoms with Crippen molar-refractivity contribution in [2.45, 2.75) is 59.9 Å². The number of amides is 1.